The number of hydrogen-bond acceptors (Lipinski definition) is 9. The van der Waals surface area contributed by atoms with Crippen molar-refractivity contribution in [2.45, 2.75) is 25.5 Å². The fourth-order valence-electron chi connectivity index (χ4n) is 4.12. The molecule has 0 aliphatic carbocycles. The van der Waals surface area contributed by atoms with E-state index in [-0.39, 0.29) is 17.4 Å². The molecule has 36 heavy (non-hydrogen) atoms. The van der Waals surface area contributed by atoms with Gasteiger partial charge in [0, 0.05) is 18.7 Å². The molecule has 1 saturated heterocycles. The number of benzene rings is 1. The summed E-state index contributed by atoms with van der Waals surface area (Å²) in [6.07, 6.45) is -2.55. The van der Waals surface area contributed by atoms with Gasteiger partial charge in [0.2, 0.25) is 12.2 Å². The molecule has 1 aromatic carbocycles. The molecule has 3 aromatic rings. The Hall–Kier alpha value is -3.73. The van der Waals surface area contributed by atoms with E-state index in [1.54, 1.807) is 11.0 Å². The molecule has 1 fully saturated rings. The Balaban J connectivity index is 1.43. The van der Waals surface area contributed by atoms with Gasteiger partial charge < -0.3 is 14.4 Å². The Morgan fingerprint density at radius 2 is 2.14 bits per heavy atom. The monoisotopic (exact) mass is 519 g/mol. The van der Waals surface area contributed by atoms with Gasteiger partial charge in [-0.3, -0.25) is 10.1 Å². The van der Waals surface area contributed by atoms with Crippen molar-refractivity contribution in [3.63, 3.8) is 0 Å². The molecule has 14 heteroatoms. The lowest BCUT2D eigenvalue weighted by atomic mass is 10.1. The standard InChI is InChI=1S/C22H17ClF3N7O3/c23-18-15(9-31-33(20(18)34)21-28-5-7-35-21)32-6-4-13-14(10-32)29-11-30-19(13)36-16-3-1-2-12(8-27)17(16)22(24,25)26/h1-3,9,11,21,28H,4-7,10H2. The van der Waals surface area contributed by atoms with Crippen LogP contribution >= 0.6 is 11.6 Å². The topological polar surface area (TPSA) is 118 Å². The van der Waals surface area contributed by atoms with E-state index in [4.69, 9.17) is 26.3 Å². The van der Waals surface area contributed by atoms with Crippen molar-refractivity contribution in [3.8, 4) is 17.7 Å². The van der Waals surface area contributed by atoms with Crippen LogP contribution in [0.25, 0.3) is 0 Å². The predicted octanol–water partition coefficient (Wildman–Crippen LogP) is 3.01. The molecule has 1 unspecified atom stereocenters. The molecule has 0 saturated carbocycles. The highest BCUT2D eigenvalue weighted by Crippen LogP contribution is 2.41. The molecule has 2 aliphatic rings. The molecule has 2 aromatic heterocycles. The van der Waals surface area contributed by atoms with E-state index in [1.165, 1.54) is 18.6 Å². The van der Waals surface area contributed by atoms with Crippen molar-refractivity contribution in [2.24, 2.45) is 0 Å². The summed E-state index contributed by atoms with van der Waals surface area (Å²) in [5, 5.41) is 16.3. The van der Waals surface area contributed by atoms with Gasteiger partial charge in [0.25, 0.3) is 5.56 Å². The first-order valence-corrected chi connectivity index (χ1v) is 11.1. The van der Waals surface area contributed by atoms with Crippen LogP contribution in [0.15, 0.2) is 35.5 Å². The zero-order valence-electron chi connectivity index (χ0n) is 18.4. The molecule has 10 nitrogen and oxygen atoms in total. The quantitative estimate of drug-likeness (QED) is 0.555. The van der Waals surface area contributed by atoms with Crippen molar-refractivity contribution in [3.05, 3.63) is 68.5 Å². The normalized spacial score (nSPS) is 17.5. The van der Waals surface area contributed by atoms with Gasteiger partial charge in [-0.2, -0.15) is 28.2 Å². The fourth-order valence-corrected chi connectivity index (χ4v) is 4.37. The number of fused-ring (bicyclic) bond motifs is 1. The van der Waals surface area contributed by atoms with Crippen molar-refractivity contribution in [1.82, 2.24) is 25.1 Å². The molecular formula is C22H17ClF3N7O3. The number of alkyl halides is 3. The largest absolute Gasteiger partial charge is 0.438 e. The maximum Gasteiger partial charge on any atom is 0.421 e. The van der Waals surface area contributed by atoms with E-state index in [1.807, 2.05) is 0 Å². The van der Waals surface area contributed by atoms with Crippen molar-refractivity contribution >= 4 is 17.3 Å². The van der Waals surface area contributed by atoms with Crippen LogP contribution in [0.3, 0.4) is 0 Å². The fraction of sp³-hybridized carbons (Fsp3) is 0.318. The van der Waals surface area contributed by atoms with Crippen LogP contribution in [-0.2, 0) is 23.9 Å². The highest BCUT2D eigenvalue weighted by Gasteiger charge is 2.38. The van der Waals surface area contributed by atoms with Crippen LogP contribution < -0.4 is 20.5 Å². The third kappa shape index (κ3) is 4.34. The summed E-state index contributed by atoms with van der Waals surface area (Å²) in [5.74, 6) is -0.562. The second-order valence-corrected chi connectivity index (χ2v) is 8.31. The van der Waals surface area contributed by atoms with Gasteiger partial charge in [0.05, 0.1) is 42.4 Å². The van der Waals surface area contributed by atoms with Gasteiger partial charge in [0.15, 0.2) is 0 Å². The highest BCUT2D eigenvalue weighted by molar-refractivity contribution is 6.33. The number of anilines is 1. The first kappa shape index (κ1) is 24.0. The Morgan fingerprint density at radius 1 is 1.31 bits per heavy atom. The zero-order chi connectivity index (χ0) is 25.4. The second kappa shape index (κ2) is 9.38. The number of rotatable bonds is 4. The Morgan fingerprint density at radius 3 is 2.86 bits per heavy atom. The minimum Gasteiger partial charge on any atom is -0.438 e. The number of nitrogens with one attached hydrogen (secondary N) is 1. The van der Waals surface area contributed by atoms with Gasteiger partial charge in [-0.15, -0.1) is 0 Å². The van der Waals surface area contributed by atoms with Gasteiger partial charge >= 0.3 is 6.18 Å². The predicted molar refractivity (Wildman–Crippen MR) is 120 cm³/mol. The van der Waals surface area contributed by atoms with Gasteiger partial charge in [-0.05, 0) is 18.6 Å². The molecular weight excluding hydrogens is 503 g/mol. The average molecular weight is 520 g/mol. The van der Waals surface area contributed by atoms with Crippen LogP contribution in [-0.4, -0.2) is 39.4 Å². The maximum absolute atomic E-state index is 13.6. The molecule has 0 spiro atoms. The molecule has 0 bridgehead atoms. The van der Waals surface area contributed by atoms with Crippen molar-refractivity contribution < 1.29 is 22.6 Å². The lowest BCUT2D eigenvalue weighted by Crippen LogP contribution is -2.37. The first-order valence-electron chi connectivity index (χ1n) is 10.8. The highest BCUT2D eigenvalue weighted by atomic mass is 35.5. The summed E-state index contributed by atoms with van der Waals surface area (Å²) in [5.41, 5.74) is -0.838. The van der Waals surface area contributed by atoms with E-state index in [0.29, 0.717) is 43.1 Å². The van der Waals surface area contributed by atoms with Crippen LogP contribution in [0, 0.1) is 11.3 Å². The SMILES string of the molecule is N#Cc1cccc(Oc2ncnc3c2CCN(c2cnn(C4NCCO4)c(=O)c2Cl)C3)c1C(F)(F)F. The Labute approximate surface area is 206 Å². The number of hydrogen-bond donors (Lipinski definition) is 1. The van der Waals surface area contributed by atoms with Gasteiger partial charge in [-0.1, -0.05) is 17.7 Å². The maximum atomic E-state index is 13.6. The van der Waals surface area contributed by atoms with Gasteiger partial charge in [0.1, 0.15) is 22.7 Å². The summed E-state index contributed by atoms with van der Waals surface area (Å²) in [7, 11) is 0. The molecule has 186 valence electrons. The zero-order valence-corrected chi connectivity index (χ0v) is 19.2. The summed E-state index contributed by atoms with van der Waals surface area (Å²) in [6, 6.07) is 5.07. The van der Waals surface area contributed by atoms with E-state index in [9.17, 15) is 18.0 Å². The van der Waals surface area contributed by atoms with Crippen molar-refractivity contribution in [1.29, 1.82) is 5.26 Å². The number of nitrogens with zero attached hydrogens (tertiary/aromatic N) is 6. The van der Waals surface area contributed by atoms with Gasteiger partial charge in [-0.25, -0.2) is 9.97 Å². The Bertz CT molecular complexity index is 1420. The molecule has 1 atom stereocenters. The summed E-state index contributed by atoms with van der Waals surface area (Å²) >= 11 is 6.38. The van der Waals surface area contributed by atoms with E-state index < -0.39 is 35.0 Å². The number of ether oxygens (including phenoxy) is 2. The van der Waals surface area contributed by atoms with Crippen LogP contribution in [0.4, 0.5) is 18.9 Å². The number of aromatic nitrogens is 4. The second-order valence-electron chi connectivity index (χ2n) is 7.94. The van der Waals surface area contributed by atoms with E-state index in [2.05, 4.69) is 20.4 Å². The first-order chi connectivity index (χ1) is 17.3. The molecule has 0 radical (unpaired) electrons. The average Bonchev–Trinajstić information content (AvgIpc) is 3.39. The number of nitriles is 1. The third-order valence-corrected chi connectivity index (χ3v) is 6.14. The molecule has 5 rings (SSSR count). The summed E-state index contributed by atoms with van der Waals surface area (Å²) in [4.78, 5) is 22.8. The van der Waals surface area contributed by atoms with E-state index >= 15 is 0 Å². The van der Waals surface area contributed by atoms with Crippen LogP contribution in [0.5, 0.6) is 11.6 Å². The molecule has 1 N–H and O–H groups in total. The third-order valence-electron chi connectivity index (χ3n) is 5.79. The molecule has 2 aliphatic heterocycles. The smallest absolute Gasteiger partial charge is 0.421 e. The Kier molecular flexibility index (Phi) is 6.25. The molecule has 0 amide bonds. The lowest BCUT2D eigenvalue weighted by Gasteiger charge is -2.30. The minimum absolute atomic E-state index is 0.0377. The van der Waals surface area contributed by atoms with Crippen molar-refractivity contribution in [2.75, 3.05) is 24.6 Å². The molecule has 4 heterocycles. The van der Waals surface area contributed by atoms with Crippen LogP contribution in [0.1, 0.15) is 28.7 Å². The lowest BCUT2D eigenvalue weighted by molar-refractivity contribution is -0.138. The minimum atomic E-state index is -4.80. The summed E-state index contributed by atoms with van der Waals surface area (Å²) < 4.78 is 53.1. The summed E-state index contributed by atoms with van der Waals surface area (Å²) in [6.45, 7) is 1.57. The van der Waals surface area contributed by atoms with Crippen LogP contribution in [0.2, 0.25) is 5.02 Å². The number of halogens is 4. The van der Waals surface area contributed by atoms with E-state index in [0.717, 1.165) is 16.8 Å².